The van der Waals surface area contributed by atoms with Crippen molar-refractivity contribution in [1.82, 2.24) is 10.6 Å². The van der Waals surface area contributed by atoms with Crippen molar-refractivity contribution in [2.24, 2.45) is 0 Å². The minimum absolute atomic E-state index is 0.0515. The molecule has 0 unspecified atom stereocenters. The fourth-order valence-corrected chi connectivity index (χ4v) is 2.93. The zero-order chi connectivity index (χ0) is 22.2. The quantitative estimate of drug-likeness (QED) is 0.507. The second-order valence-electron chi connectivity index (χ2n) is 7.36. The van der Waals surface area contributed by atoms with Crippen LogP contribution in [0.4, 0.5) is 10.5 Å². The number of anilines is 1. The number of fused-ring (bicyclic) bond motifs is 1. The molecule has 0 spiro atoms. The van der Waals surface area contributed by atoms with Crippen LogP contribution < -0.4 is 16.0 Å². The summed E-state index contributed by atoms with van der Waals surface area (Å²) in [6.45, 7) is 3.70. The number of esters is 1. The molecule has 7 heteroatoms. The number of ether oxygens (including phenoxy) is 1. The molecule has 0 bridgehead atoms. The zero-order valence-electron chi connectivity index (χ0n) is 17.5. The Kier molecular flexibility index (Phi) is 7.22. The van der Waals surface area contributed by atoms with Gasteiger partial charge < -0.3 is 20.7 Å². The van der Waals surface area contributed by atoms with E-state index in [-0.39, 0.29) is 18.7 Å². The molecule has 160 valence electrons. The number of benzene rings is 3. The minimum atomic E-state index is -0.592. The Morgan fingerprint density at radius 1 is 0.903 bits per heavy atom. The topological polar surface area (TPSA) is 96.5 Å². The summed E-state index contributed by atoms with van der Waals surface area (Å²) < 4.78 is 5.10. The molecule has 0 fully saturated rings. The van der Waals surface area contributed by atoms with E-state index < -0.39 is 11.9 Å². The maximum absolute atomic E-state index is 12.2. The summed E-state index contributed by atoms with van der Waals surface area (Å²) in [6.07, 6.45) is 0. The molecule has 0 radical (unpaired) electrons. The summed E-state index contributed by atoms with van der Waals surface area (Å²) in [5, 5.41) is 10.3. The number of nitrogens with one attached hydrogen (secondary N) is 3. The lowest BCUT2D eigenvalue weighted by molar-refractivity contribution is -0.119. The van der Waals surface area contributed by atoms with Crippen LogP contribution in [0.25, 0.3) is 10.8 Å². The van der Waals surface area contributed by atoms with Gasteiger partial charge in [-0.05, 0) is 54.4 Å². The van der Waals surface area contributed by atoms with Crippen LogP contribution in [0.15, 0.2) is 66.7 Å². The van der Waals surface area contributed by atoms with Crippen molar-refractivity contribution >= 4 is 34.4 Å². The van der Waals surface area contributed by atoms with Crippen molar-refractivity contribution in [2.45, 2.75) is 26.4 Å². The third kappa shape index (κ3) is 6.57. The fraction of sp³-hybridized carbons (Fsp3) is 0.208. The van der Waals surface area contributed by atoms with E-state index in [1.807, 2.05) is 50.2 Å². The highest BCUT2D eigenvalue weighted by Gasteiger charge is 2.11. The Labute approximate surface area is 180 Å². The van der Waals surface area contributed by atoms with Crippen LogP contribution >= 0.6 is 0 Å². The standard InChI is InChI=1S/C24H25N3O4/c1-16(2)26-24(30)25-14-17-7-9-19(10-8-17)23(29)31-15-22(28)27-21-12-11-18-5-3-4-6-20(18)13-21/h3-13,16H,14-15H2,1-2H3,(H,27,28)(H2,25,26,30). The molecule has 3 amide bonds. The van der Waals surface area contributed by atoms with Gasteiger partial charge in [-0.15, -0.1) is 0 Å². The van der Waals surface area contributed by atoms with Gasteiger partial charge in [-0.25, -0.2) is 9.59 Å². The van der Waals surface area contributed by atoms with E-state index in [0.29, 0.717) is 17.8 Å². The van der Waals surface area contributed by atoms with E-state index in [0.717, 1.165) is 16.3 Å². The highest BCUT2D eigenvalue weighted by atomic mass is 16.5. The maximum atomic E-state index is 12.2. The van der Waals surface area contributed by atoms with Crippen molar-refractivity contribution in [3.63, 3.8) is 0 Å². The second kappa shape index (κ2) is 10.2. The first-order valence-electron chi connectivity index (χ1n) is 10.00. The number of carbonyl (C=O) groups is 3. The van der Waals surface area contributed by atoms with Crippen molar-refractivity contribution in [3.05, 3.63) is 77.9 Å². The van der Waals surface area contributed by atoms with Gasteiger partial charge >= 0.3 is 12.0 Å². The third-order valence-electron chi connectivity index (χ3n) is 4.43. The number of hydrogen-bond acceptors (Lipinski definition) is 4. The lowest BCUT2D eigenvalue weighted by Crippen LogP contribution is -2.39. The second-order valence-corrected chi connectivity index (χ2v) is 7.36. The molecule has 3 rings (SSSR count). The number of carbonyl (C=O) groups excluding carboxylic acids is 3. The Morgan fingerprint density at radius 2 is 1.61 bits per heavy atom. The van der Waals surface area contributed by atoms with Gasteiger partial charge in [-0.3, -0.25) is 4.79 Å². The highest BCUT2D eigenvalue weighted by Crippen LogP contribution is 2.18. The summed E-state index contributed by atoms with van der Waals surface area (Å²) >= 11 is 0. The van der Waals surface area contributed by atoms with Crippen molar-refractivity contribution in [3.8, 4) is 0 Å². The molecule has 0 aromatic heterocycles. The normalized spacial score (nSPS) is 10.5. The van der Waals surface area contributed by atoms with E-state index >= 15 is 0 Å². The smallest absolute Gasteiger partial charge is 0.338 e. The molecule has 3 N–H and O–H groups in total. The Bertz CT molecular complexity index is 1080. The first-order valence-corrected chi connectivity index (χ1v) is 10.00. The van der Waals surface area contributed by atoms with Gasteiger partial charge in [0.05, 0.1) is 5.56 Å². The van der Waals surface area contributed by atoms with Gasteiger partial charge in [-0.2, -0.15) is 0 Å². The molecule has 0 aliphatic carbocycles. The first kappa shape index (κ1) is 21.8. The summed E-state index contributed by atoms with van der Waals surface area (Å²) in [6, 6.07) is 19.9. The fourth-order valence-electron chi connectivity index (χ4n) is 2.93. The van der Waals surface area contributed by atoms with E-state index in [9.17, 15) is 14.4 Å². The molecule has 0 atom stereocenters. The predicted molar refractivity (Wildman–Crippen MR) is 120 cm³/mol. The Balaban J connectivity index is 1.47. The number of rotatable bonds is 7. The highest BCUT2D eigenvalue weighted by molar-refractivity contribution is 5.97. The van der Waals surface area contributed by atoms with E-state index in [4.69, 9.17) is 4.74 Å². The van der Waals surface area contributed by atoms with Gasteiger partial charge in [0, 0.05) is 18.3 Å². The van der Waals surface area contributed by atoms with Gasteiger partial charge in [0.25, 0.3) is 5.91 Å². The van der Waals surface area contributed by atoms with Gasteiger partial charge in [0.15, 0.2) is 6.61 Å². The van der Waals surface area contributed by atoms with Crippen molar-refractivity contribution in [2.75, 3.05) is 11.9 Å². The lowest BCUT2D eigenvalue weighted by atomic mass is 10.1. The lowest BCUT2D eigenvalue weighted by Gasteiger charge is -2.10. The van der Waals surface area contributed by atoms with Crippen LogP contribution in [0.3, 0.4) is 0 Å². The van der Waals surface area contributed by atoms with E-state index in [2.05, 4.69) is 16.0 Å². The molecule has 3 aromatic carbocycles. The SMILES string of the molecule is CC(C)NC(=O)NCc1ccc(C(=O)OCC(=O)Nc2ccc3ccccc3c2)cc1. The molecule has 0 aliphatic heterocycles. The summed E-state index contributed by atoms with van der Waals surface area (Å²) in [5.74, 6) is -1.01. The van der Waals surface area contributed by atoms with Crippen molar-refractivity contribution < 1.29 is 19.1 Å². The molecule has 0 saturated carbocycles. The summed E-state index contributed by atoms with van der Waals surface area (Å²) in [5.41, 5.74) is 1.80. The van der Waals surface area contributed by atoms with Crippen LogP contribution in [-0.4, -0.2) is 30.6 Å². The Morgan fingerprint density at radius 3 is 2.32 bits per heavy atom. The molecule has 31 heavy (non-hydrogen) atoms. The van der Waals surface area contributed by atoms with E-state index in [1.165, 1.54) is 0 Å². The van der Waals surface area contributed by atoms with Crippen molar-refractivity contribution in [1.29, 1.82) is 0 Å². The first-order chi connectivity index (χ1) is 14.9. The summed E-state index contributed by atoms with van der Waals surface area (Å²) in [7, 11) is 0. The number of urea groups is 1. The van der Waals surface area contributed by atoms with Crippen LogP contribution in [0.5, 0.6) is 0 Å². The third-order valence-corrected chi connectivity index (χ3v) is 4.43. The van der Waals surface area contributed by atoms with Gasteiger partial charge in [0.2, 0.25) is 0 Å². The van der Waals surface area contributed by atoms with Crippen LogP contribution in [0.1, 0.15) is 29.8 Å². The molecule has 7 nitrogen and oxygen atoms in total. The number of hydrogen-bond donors (Lipinski definition) is 3. The average Bonchev–Trinajstić information content (AvgIpc) is 2.76. The largest absolute Gasteiger partial charge is 0.452 e. The molecular weight excluding hydrogens is 394 g/mol. The van der Waals surface area contributed by atoms with Crippen LogP contribution in [-0.2, 0) is 16.1 Å². The molecule has 0 aliphatic rings. The average molecular weight is 419 g/mol. The predicted octanol–water partition coefficient (Wildman–Crippen LogP) is 3.84. The van der Waals surface area contributed by atoms with Gasteiger partial charge in [0.1, 0.15) is 0 Å². The number of amides is 3. The van der Waals surface area contributed by atoms with Crippen LogP contribution in [0, 0.1) is 0 Å². The maximum Gasteiger partial charge on any atom is 0.338 e. The molecule has 3 aromatic rings. The van der Waals surface area contributed by atoms with E-state index in [1.54, 1.807) is 30.3 Å². The Hall–Kier alpha value is -3.87. The van der Waals surface area contributed by atoms with Gasteiger partial charge in [-0.1, -0.05) is 42.5 Å². The zero-order valence-corrected chi connectivity index (χ0v) is 17.5. The molecule has 0 heterocycles. The summed E-state index contributed by atoms with van der Waals surface area (Å²) in [4.78, 5) is 35.9. The molecule has 0 saturated heterocycles. The monoisotopic (exact) mass is 419 g/mol. The molecular formula is C24H25N3O4. The van der Waals surface area contributed by atoms with Crippen LogP contribution in [0.2, 0.25) is 0 Å². The minimum Gasteiger partial charge on any atom is -0.452 e.